The van der Waals surface area contributed by atoms with Crippen molar-refractivity contribution in [2.24, 2.45) is 0 Å². The number of ether oxygens (including phenoxy) is 4. The van der Waals surface area contributed by atoms with Gasteiger partial charge in [-0.1, -0.05) is 26.8 Å². The van der Waals surface area contributed by atoms with Crippen LogP contribution < -0.4 is 14.8 Å². The molecule has 9 heteroatoms. The summed E-state index contributed by atoms with van der Waals surface area (Å²) in [5.41, 5.74) is 0.652. The number of hydrogen-bond donors (Lipinski definition) is 1. The topological polar surface area (TPSA) is 117 Å². The van der Waals surface area contributed by atoms with Crippen molar-refractivity contribution in [3.8, 4) is 11.5 Å². The van der Waals surface area contributed by atoms with Gasteiger partial charge in [-0.15, -0.1) is 0 Å². The first kappa shape index (κ1) is 25.1. The molecule has 1 atom stereocenters. The molecule has 0 heterocycles. The van der Waals surface area contributed by atoms with Gasteiger partial charge < -0.3 is 24.3 Å². The minimum Gasteiger partial charge on any atom is -0.468 e. The van der Waals surface area contributed by atoms with E-state index in [1.807, 2.05) is 0 Å². The average Bonchev–Trinajstić information content (AvgIpc) is 2.76. The van der Waals surface area contributed by atoms with Crippen molar-refractivity contribution in [3.63, 3.8) is 0 Å². The summed E-state index contributed by atoms with van der Waals surface area (Å²) in [5, 5.41) is 2.98. The Morgan fingerprint density at radius 2 is 1.50 bits per heavy atom. The Bertz CT molecular complexity index is 747. The van der Waals surface area contributed by atoms with Crippen LogP contribution in [0, 0.1) is 0 Å². The van der Waals surface area contributed by atoms with E-state index in [2.05, 4.69) is 5.32 Å². The predicted octanol–water partition coefficient (Wildman–Crippen LogP) is 1.94. The van der Waals surface area contributed by atoms with Gasteiger partial charge in [0.05, 0.1) is 7.11 Å². The molecular weight excluding hydrogens is 394 g/mol. The lowest BCUT2D eigenvalue weighted by Crippen LogP contribution is -2.41. The summed E-state index contributed by atoms with van der Waals surface area (Å²) in [5.74, 6) is -1.55. The van der Waals surface area contributed by atoms with Crippen LogP contribution in [0.5, 0.6) is 11.5 Å². The molecule has 0 aliphatic rings. The molecule has 0 aliphatic heterocycles. The largest absolute Gasteiger partial charge is 0.468 e. The first-order chi connectivity index (χ1) is 14.3. The number of nitrogens with one attached hydrogen (secondary N) is 1. The van der Waals surface area contributed by atoms with E-state index in [0.717, 1.165) is 0 Å². The van der Waals surface area contributed by atoms with Gasteiger partial charge in [0.15, 0.2) is 11.5 Å². The first-order valence-electron chi connectivity index (χ1n) is 9.85. The third-order valence-electron chi connectivity index (χ3n) is 4.00. The first-order valence-corrected chi connectivity index (χ1v) is 9.85. The maximum atomic E-state index is 12.1. The van der Waals surface area contributed by atoms with Gasteiger partial charge in [0, 0.05) is 25.8 Å². The fourth-order valence-corrected chi connectivity index (χ4v) is 2.35. The Hall–Kier alpha value is -2.94. The summed E-state index contributed by atoms with van der Waals surface area (Å²) >= 11 is 0. The van der Waals surface area contributed by atoms with Crippen molar-refractivity contribution in [1.82, 2.24) is 5.32 Å². The maximum Gasteiger partial charge on any atom is 0.323 e. The van der Waals surface area contributed by atoms with Crippen LogP contribution >= 0.6 is 0 Å². The predicted molar refractivity (Wildman–Crippen MR) is 107 cm³/mol. The fraction of sp³-hybridized carbons (Fsp3) is 0.524. The molecule has 30 heavy (non-hydrogen) atoms. The fourth-order valence-electron chi connectivity index (χ4n) is 2.35. The molecule has 0 radical (unpaired) electrons. The SMILES string of the molecule is CCC(=O)OCCN[C@@H](Cc1ccc(OC(=O)CC)c(OC(=O)CC)c1)C(=O)OC. The molecule has 0 fully saturated rings. The Kier molecular flexibility index (Phi) is 11.1. The van der Waals surface area contributed by atoms with Crippen molar-refractivity contribution in [2.75, 3.05) is 20.3 Å². The minimum atomic E-state index is -0.714. The van der Waals surface area contributed by atoms with E-state index in [9.17, 15) is 19.2 Å². The number of rotatable bonds is 12. The molecule has 0 spiro atoms. The second-order valence-corrected chi connectivity index (χ2v) is 6.24. The second-order valence-electron chi connectivity index (χ2n) is 6.24. The van der Waals surface area contributed by atoms with Crippen molar-refractivity contribution in [1.29, 1.82) is 0 Å². The van der Waals surface area contributed by atoms with E-state index >= 15 is 0 Å². The number of hydrogen-bond acceptors (Lipinski definition) is 9. The van der Waals surface area contributed by atoms with E-state index in [1.165, 1.54) is 13.2 Å². The van der Waals surface area contributed by atoms with Gasteiger partial charge in [0.25, 0.3) is 0 Å². The van der Waals surface area contributed by atoms with Crippen molar-refractivity contribution >= 4 is 23.9 Å². The van der Waals surface area contributed by atoms with E-state index in [0.29, 0.717) is 5.56 Å². The number of esters is 4. The molecule has 0 unspecified atom stereocenters. The number of methoxy groups -OCH3 is 1. The lowest BCUT2D eigenvalue weighted by Gasteiger charge is -2.18. The molecule has 0 aliphatic carbocycles. The molecule has 9 nitrogen and oxygen atoms in total. The average molecular weight is 423 g/mol. The summed E-state index contributed by atoms with van der Waals surface area (Å²) in [6, 6.07) is 4.00. The highest BCUT2D eigenvalue weighted by molar-refractivity contribution is 5.77. The van der Waals surface area contributed by atoms with Crippen LogP contribution in [0.15, 0.2) is 18.2 Å². The summed E-state index contributed by atoms with van der Waals surface area (Å²) in [6.45, 7) is 5.36. The Morgan fingerprint density at radius 1 is 0.900 bits per heavy atom. The molecule has 1 rings (SSSR count). The third kappa shape index (κ3) is 8.60. The van der Waals surface area contributed by atoms with Gasteiger partial charge in [-0.25, -0.2) is 0 Å². The minimum absolute atomic E-state index is 0.0987. The molecule has 166 valence electrons. The van der Waals surface area contributed by atoms with E-state index < -0.39 is 23.9 Å². The highest BCUT2D eigenvalue weighted by Gasteiger charge is 2.21. The zero-order valence-electron chi connectivity index (χ0n) is 17.8. The van der Waals surface area contributed by atoms with Crippen LogP contribution in [0.4, 0.5) is 0 Å². The monoisotopic (exact) mass is 423 g/mol. The third-order valence-corrected chi connectivity index (χ3v) is 4.00. The second kappa shape index (κ2) is 13.3. The van der Waals surface area contributed by atoms with Gasteiger partial charge >= 0.3 is 23.9 Å². The van der Waals surface area contributed by atoms with Crippen LogP contribution in [-0.2, 0) is 35.1 Å². The molecule has 1 aromatic rings. The number of carbonyl (C=O) groups is 4. The highest BCUT2D eigenvalue weighted by Crippen LogP contribution is 2.30. The Balaban J connectivity index is 2.94. The van der Waals surface area contributed by atoms with Crippen LogP contribution in [-0.4, -0.2) is 50.2 Å². The lowest BCUT2D eigenvalue weighted by atomic mass is 10.1. The highest BCUT2D eigenvalue weighted by atomic mass is 16.6. The molecule has 0 saturated heterocycles. The summed E-state index contributed by atoms with van der Waals surface area (Å²) in [7, 11) is 1.27. The smallest absolute Gasteiger partial charge is 0.323 e. The molecule has 1 aromatic carbocycles. The van der Waals surface area contributed by atoms with Crippen LogP contribution in [0.25, 0.3) is 0 Å². The van der Waals surface area contributed by atoms with Crippen molar-refractivity contribution < 1.29 is 38.1 Å². The van der Waals surface area contributed by atoms with Crippen LogP contribution in [0.3, 0.4) is 0 Å². The summed E-state index contributed by atoms with van der Waals surface area (Å²) in [4.78, 5) is 46.7. The van der Waals surface area contributed by atoms with Gasteiger partial charge in [0.2, 0.25) is 0 Å². The van der Waals surface area contributed by atoms with Gasteiger partial charge in [-0.3, -0.25) is 19.2 Å². The zero-order valence-corrected chi connectivity index (χ0v) is 17.8. The van der Waals surface area contributed by atoms with Crippen LogP contribution in [0.2, 0.25) is 0 Å². The standard InChI is InChI=1S/C21H29NO8/c1-5-18(23)28-11-10-22-15(21(26)27-4)12-14-8-9-16(29-19(24)6-2)17(13-14)30-20(25)7-3/h8-9,13,15,22H,5-7,10-12H2,1-4H3/t15-/m0/s1. The van der Waals surface area contributed by atoms with Gasteiger partial charge in [0.1, 0.15) is 12.6 Å². The van der Waals surface area contributed by atoms with E-state index in [-0.39, 0.29) is 56.3 Å². The molecule has 1 N–H and O–H groups in total. The molecule has 0 saturated carbocycles. The normalized spacial score (nSPS) is 11.3. The maximum absolute atomic E-state index is 12.1. The molecule has 0 amide bonds. The summed E-state index contributed by atoms with van der Waals surface area (Å²) in [6.07, 6.45) is 0.801. The molecule has 0 bridgehead atoms. The van der Waals surface area contributed by atoms with Gasteiger partial charge in [-0.2, -0.15) is 0 Å². The van der Waals surface area contributed by atoms with E-state index in [4.69, 9.17) is 18.9 Å². The number of carbonyl (C=O) groups excluding carboxylic acids is 4. The van der Waals surface area contributed by atoms with Crippen molar-refractivity contribution in [2.45, 2.75) is 52.5 Å². The summed E-state index contributed by atoms with van der Waals surface area (Å²) < 4.78 is 20.3. The van der Waals surface area contributed by atoms with Crippen molar-refractivity contribution in [3.05, 3.63) is 23.8 Å². The molecular formula is C21H29NO8. The van der Waals surface area contributed by atoms with Gasteiger partial charge in [-0.05, 0) is 24.1 Å². The lowest BCUT2D eigenvalue weighted by molar-refractivity contribution is -0.144. The van der Waals surface area contributed by atoms with E-state index in [1.54, 1.807) is 32.9 Å². The van der Waals surface area contributed by atoms with Crippen LogP contribution in [0.1, 0.15) is 45.6 Å². The molecule has 0 aromatic heterocycles. The Labute approximate surface area is 176 Å². The number of benzene rings is 1. The zero-order chi connectivity index (χ0) is 22.5. The quantitative estimate of drug-likeness (QED) is 0.306. The Morgan fingerprint density at radius 3 is 2.07 bits per heavy atom.